The molecule has 23 heavy (non-hydrogen) atoms. The molecule has 0 aliphatic carbocycles. The average Bonchev–Trinajstić information content (AvgIpc) is 2.54. The fraction of sp³-hybridized carbons (Fsp3) is 0.222. The third-order valence-electron chi connectivity index (χ3n) is 3.02. The number of aldehydes is 1. The molecule has 2 rings (SSSR count). The first-order chi connectivity index (χ1) is 11.1. The Morgan fingerprint density at radius 1 is 1.04 bits per heavy atom. The van der Waals surface area contributed by atoms with Gasteiger partial charge in [0.25, 0.3) is 0 Å². The highest BCUT2D eigenvalue weighted by Gasteiger charge is 2.19. The predicted molar refractivity (Wildman–Crippen MR) is 85.5 cm³/mol. The van der Waals surface area contributed by atoms with Crippen LogP contribution in [0, 0.1) is 0 Å². The molecule has 0 atom stereocenters. The Morgan fingerprint density at radius 3 is 2.39 bits per heavy atom. The molecule has 120 valence electrons. The Bertz CT molecular complexity index is 706. The van der Waals surface area contributed by atoms with Crippen molar-refractivity contribution in [1.29, 1.82) is 0 Å². The second-order valence-corrected chi connectivity index (χ2v) is 5.05. The van der Waals surface area contributed by atoms with E-state index in [1.807, 2.05) is 13.8 Å². The van der Waals surface area contributed by atoms with Gasteiger partial charge < -0.3 is 14.2 Å². The highest BCUT2D eigenvalue weighted by molar-refractivity contribution is 5.95. The van der Waals surface area contributed by atoms with Gasteiger partial charge in [0.2, 0.25) is 0 Å². The van der Waals surface area contributed by atoms with Gasteiger partial charge in [0.1, 0.15) is 11.3 Å². The number of methoxy groups -OCH3 is 1. The van der Waals surface area contributed by atoms with Gasteiger partial charge in [-0.3, -0.25) is 4.79 Å². The van der Waals surface area contributed by atoms with Crippen LogP contribution in [0.3, 0.4) is 0 Å². The largest absolute Gasteiger partial charge is 0.493 e. The van der Waals surface area contributed by atoms with Crippen LogP contribution in [0.25, 0.3) is 0 Å². The van der Waals surface area contributed by atoms with E-state index < -0.39 is 5.97 Å². The van der Waals surface area contributed by atoms with Gasteiger partial charge in [0.05, 0.1) is 18.8 Å². The summed E-state index contributed by atoms with van der Waals surface area (Å²) in [6, 6.07) is 11.6. The number of ether oxygens (including phenoxy) is 3. The number of para-hydroxylation sites is 2. The monoisotopic (exact) mass is 314 g/mol. The van der Waals surface area contributed by atoms with E-state index in [0.717, 1.165) is 0 Å². The quantitative estimate of drug-likeness (QED) is 0.464. The summed E-state index contributed by atoms with van der Waals surface area (Å²) in [6.45, 7) is 3.74. The third kappa shape index (κ3) is 3.88. The van der Waals surface area contributed by atoms with E-state index >= 15 is 0 Å². The average molecular weight is 314 g/mol. The molecule has 0 aliphatic rings. The fourth-order valence-electron chi connectivity index (χ4n) is 2.04. The van der Waals surface area contributed by atoms with Crippen molar-refractivity contribution >= 4 is 12.3 Å². The zero-order chi connectivity index (χ0) is 16.8. The molecule has 0 spiro atoms. The van der Waals surface area contributed by atoms with Crippen LogP contribution in [0.2, 0.25) is 0 Å². The lowest BCUT2D eigenvalue weighted by Gasteiger charge is -2.15. The predicted octanol–water partition coefficient (Wildman–Crippen LogP) is 3.51. The lowest BCUT2D eigenvalue weighted by molar-refractivity contribution is 0.0722. The van der Waals surface area contributed by atoms with Crippen molar-refractivity contribution in [3.63, 3.8) is 0 Å². The van der Waals surface area contributed by atoms with Gasteiger partial charge in [-0.05, 0) is 38.1 Å². The van der Waals surface area contributed by atoms with E-state index in [1.165, 1.54) is 7.11 Å². The Hall–Kier alpha value is -2.82. The summed E-state index contributed by atoms with van der Waals surface area (Å²) in [5.41, 5.74) is 0.518. The first kappa shape index (κ1) is 16.5. The van der Waals surface area contributed by atoms with Crippen molar-refractivity contribution in [2.75, 3.05) is 7.11 Å². The van der Waals surface area contributed by atoms with E-state index in [-0.39, 0.29) is 23.0 Å². The highest BCUT2D eigenvalue weighted by Crippen LogP contribution is 2.31. The molecule has 0 unspecified atom stereocenters. The zero-order valence-corrected chi connectivity index (χ0v) is 13.2. The summed E-state index contributed by atoms with van der Waals surface area (Å²) in [6.07, 6.45) is 0.530. The van der Waals surface area contributed by atoms with Gasteiger partial charge in [0, 0.05) is 0 Å². The summed E-state index contributed by atoms with van der Waals surface area (Å²) in [7, 11) is 1.44. The molecule has 0 saturated heterocycles. The first-order valence-corrected chi connectivity index (χ1v) is 7.17. The smallest absolute Gasteiger partial charge is 0.347 e. The normalized spacial score (nSPS) is 10.3. The van der Waals surface area contributed by atoms with Crippen molar-refractivity contribution in [2.24, 2.45) is 0 Å². The van der Waals surface area contributed by atoms with Crippen molar-refractivity contribution < 1.29 is 23.8 Å². The molecule has 0 amide bonds. The standard InChI is InChI=1S/C18H18O5/c1-12(2)22-15-9-5-4-8-14(15)18(20)23-17-13(11-19)7-6-10-16(17)21-3/h4-12H,1-3H3. The Kier molecular flexibility index (Phi) is 5.36. The summed E-state index contributed by atoms with van der Waals surface area (Å²) < 4.78 is 16.2. The molecule has 0 heterocycles. The number of esters is 1. The topological polar surface area (TPSA) is 61.8 Å². The number of rotatable bonds is 6. The van der Waals surface area contributed by atoms with Crippen LogP contribution in [0.15, 0.2) is 42.5 Å². The number of benzene rings is 2. The van der Waals surface area contributed by atoms with Crippen molar-refractivity contribution in [3.8, 4) is 17.2 Å². The number of carbonyl (C=O) groups excluding carboxylic acids is 2. The lowest BCUT2D eigenvalue weighted by atomic mass is 10.2. The molecule has 5 heteroatoms. The third-order valence-corrected chi connectivity index (χ3v) is 3.02. The number of hydrogen-bond donors (Lipinski definition) is 0. The summed E-state index contributed by atoms with van der Waals surface area (Å²) in [5, 5.41) is 0. The van der Waals surface area contributed by atoms with Crippen LogP contribution in [-0.4, -0.2) is 25.5 Å². The maximum absolute atomic E-state index is 12.5. The van der Waals surface area contributed by atoms with E-state index in [0.29, 0.717) is 17.8 Å². The van der Waals surface area contributed by atoms with Gasteiger partial charge in [-0.1, -0.05) is 18.2 Å². The van der Waals surface area contributed by atoms with Crippen LogP contribution < -0.4 is 14.2 Å². The van der Waals surface area contributed by atoms with E-state index in [4.69, 9.17) is 14.2 Å². The zero-order valence-electron chi connectivity index (χ0n) is 13.2. The van der Waals surface area contributed by atoms with E-state index in [1.54, 1.807) is 42.5 Å². The molecular weight excluding hydrogens is 296 g/mol. The molecule has 0 radical (unpaired) electrons. The van der Waals surface area contributed by atoms with Gasteiger partial charge in [-0.25, -0.2) is 4.79 Å². The minimum atomic E-state index is -0.617. The summed E-state index contributed by atoms with van der Waals surface area (Å²) >= 11 is 0. The molecule has 2 aromatic carbocycles. The maximum Gasteiger partial charge on any atom is 0.347 e. The van der Waals surface area contributed by atoms with Crippen LogP contribution in [-0.2, 0) is 0 Å². The van der Waals surface area contributed by atoms with Gasteiger partial charge in [-0.2, -0.15) is 0 Å². The highest BCUT2D eigenvalue weighted by atomic mass is 16.6. The Morgan fingerprint density at radius 2 is 1.74 bits per heavy atom. The molecule has 0 fully saturated rings. The molecule has 5 nitrogen and oxygen atoms in total. The van der Waals surface area contributed by atoms with Crippen LogP contribution >= 0.6 is 0 Å². The fourth-order valence-corrected chi connectivity index (χ4v) is 2.04. The molecule has 0 bridgehead atoms. The SMILES string of the molecule is COc1cccc(C=O)c1OC(=O)c1ccccc1OC(C)C. The van der Waals surface area contributed by atoms with E-state index in [9.17, 15) is 9.59 Å². The molecular formula is C18H18O5. The molecule has 0 aliphatic heterocycles. The maximum atomic E-state index is 12.5. The minimum Gasteiger partial charge on any atom is -0.493 e. The second kappa shape index (κ2) is 7.45. The van der Waals surface area contributed by atoms with Crippen molar-refractivity contribution in [1.82, 2.24) is 0 Å². The van der Waals surface area contributed by atoms with Gasteiger partial charge in [0.15, 0.2) is 17.8 Å². The molecule has 0 saturated carbocycles. The molecule has 2 aromatic rings. The van der Waals surface area contributed by atoms with E-state index in [2.05, 4.69) is 0 Å². The lowest BCUT2D eigenvalue weighted by Crippen LogP contribution is -2.14. The number of carbonyl (C=O) groups is 2. The second-order valence-electron chi connectivity index (χ2n) is 5.05. The molecule has 0 N–H and O–H groups in total. The van der Waals surface area contributed by atoms with Gasteiger partial charge in [-0.15, -0.1) is 0 Å². The van der Waals surface area contributed by atoms with Crippen LogP contribution in [0.1, 0.15) is 34.6 Å². The van der Waals surface area contributed by atoms with Crippen molar-refractivity contribution in [3.05, 3.63) is 53.6 Å². The summed E-state index contributed by atoms with van der Waals surface area (Å²) in [4.78, 5) is 23.6. The number of hydrogen-bond acceptors (Lipinski definition) is 5. The van der Waals surface area contributed by atoms with Crippen molar-refractivity contribution in [2.45, 2.75) is 20.0 Å². The Balaban J connectivity index is 2.35. The van der Waals surface area contributed by atoms with Crippen LogP contribution in [0.4, 0.5) is 0 Å². The Labute approximate surface area is 134 Å². The first-order valence-electron chi connectivity index (χ1n) is 7.17. The molecule has 0 aromatic heterocycles. The van der Waals surface area contributed by atoms with Gasteiger partial charge >= 0.3 is 5.97 Å². The summed E-state index contributed by atoms with van der Waals surface area (Å²) in [5.74, 6) is 0.212. The minimum absolute atomic E-state index is 0.0826. The van der Waals surface area contributed by atoms with Crippen LogP contribution in [0.5, 0.6) is 17.2 Å².